The zero-order valence-corrected chi connectivity index (χ0v) is 16.7. The van der Waals surface area contributed by atoms with Gasteiger partial charge in [-0.15, -0.1) is 0 Å². The van der Waals surface area contributed by atoms with Crippen molar-refractivity contribution in [2.75, 3.05) is 25.4 Å². The number of carbonyl (C=O) groups excluding carboxylic acids is 1. The predicted molar refractivity (Wildman–Crippen MR) is 112 cm³/mol. The highest BCUT2D eigenvalue weighted by atomic mass is 16.1. The number of hydrogen-bond donors (Lipinski definition) is 2. The molecule has 1 aliphatic heterocycles. The highest BCUT2D eigenvalue weighted by Crippen LogP contribution is 2.16. The minimum Gasteiger partial charge on any atom is -0.382 e. The summed E-state index contributed by atoms with van der Waals surface area (Å²) >= 11 is 0. The molecule has 0 spiro atoms. The second-order valence-corrected chi connectivity index (χ2v) is 7.68. The fourth-order valence-corrected chi connectivity index (χ4v) is 3.80. The molecule has 0 unspecified atom stereocenters. The van der Waals surface area contributed by atoms with E-state index in [0.717, 1.165) is 62.2 Å². The van der Waals surface area contributed by atoms with Crippen LogP contribution >= 0.6 is 0 Å². The van der Waals surface area contributed by atoms with Gasteiger partial charge in [-0.3, -0.25) is 4.79 Å². The molecule has 8 heteroatoms. The number of anilines is 1. The second kappa shape index (κ2) is 8.57. The van der Waals surface area contributed by atoms with E-state index in [4.69, 9.17) is 5.73 Å². The van der Waals surface area contributed by atoms with Gasteiger partial charge in [-0.1, -0.05) is 17.7 Å². The number of nitrogen functional groups attached to an aromatic ring is 1. The average molecular weight is 393 g/mol. The van der Waals surface area contributed by atoms with Gasteiger partial charge >= 0.3 is 0 Å². The number of carbonyl (C=O) groups is 1. The number of fused-ring (bicyclic) bond motifs is 1. The maximum absolute atomic E-state index is 12.4. The number of likely N-dealkylation sites (tertiary alicyclic amines) is 1. The molecule has 0 saturated carbocycles. The van der Waals surface area contributed by atoms with E-state index in [-0.39, 0.29) is 11.9 Å². The Morgan fingerprint density at radius 1 is 1.14 bits per heavy atom. The van der Waals surface area contributed by atoms with E-state index in [1.54, 1.807) is 6.33 Å². The van der Waals surface area contributed by atoms with Gasteiger partial charge in [-0.25, -0.2) is 15.0 Å². The average Bonchev–Trinajstić information content (AvgIpc) is 3.14. The molecule has 29 heavy (non-hydrogen) atoms. The smallest absolute Gasteiger partial charge is 0.251 e. The predicted octanol–water partition coefficient (Wildman–Crippen LogP) is 2.00. The summed E-state index contributed by atoms with van der Waals surface area (Å²) in [5.74, 6) is 0.445. The molecule has 1 amide bonds. The molecule has 0 bridgehead atoms. The van der Waals surface area contributed by atoms with Gasteiger partial charge in [-0.2, -0.15) is 0 Å². The molecule has 0 radical (unpaired) electrons. The lowest BCUT2D eigenvalue weighted by Crippen LogP contribution is -2.44. The van der Waals surface area contributed by atoms with Crippen LogP contribution in [0.1, 0.15) is 35.2 Å². The zero-order chi connectivity index (χ0) is 20.2. The molecular weight excluding hydrogens is 366 g/mol. The summed E-state index contributed by atoms with van der Waals surface area (Å²) < 4.78 is 2.03. The van der Waals surface area contributed by atoms with E-state index in [0.29, 0.717) is 11.3 Å². The van der Waals surface area contributed by atoms with Crippen LogP contribution in [-0.4, -0.2) is 56.0 Å². The molecule has 0 atom stereocenters. The van der Waals surface area contributed by atoms with E-state index < -0.39 is 0 Å². The number of nitrogens with zero attached hydrogens (tertiary/aromatic N) is 5. The molecule has 3 aromatic rings. The minimum absolute atomic E-state index is 0.0247. The monoisotopic (exact) mass is 393 g/mol. The number of hydrogen-bond acceptors (Lipinski definition) is 6. The number of nitrogens with one attached hydrogen (secondary N) is 1. The van der Waals surface area contributed by atoms with Crippen LogP contribution in [-0.2, 0) is 6.54 Å². The molecule has 8 nitrogen and oxygen atoms in total. The molecule has 0 aliphatic carbocycles. The van der Waals surface area contributed by atoms with Crippen LogP contribution < -0.4 is 11.1 Å². The first kappa shape index (κ1) is 19.3. The third-order valence-electron chi connectivity index (χ3n) is 5.54. The van der Waals surface area contributed by atoms with Crippen molar-refractivity contribution in [2.45, 2.75) is 38.8 Å². The number of aromatic nitrogens is 4. The van der Waals surface area contributed by atoms with Crippen LogP contribution in [0.4, 0.5) is 5.82 Å². The molecule has 1 saturated heterocycles. The van der Waals surface area contributed by atoms with Crippen LogP contribution in [0.25, 0.3) is 11.2 Å². The molecular formula is C21H27N7O. The summed E-state index contributed by atoms with van der Waals surface area (Å²) in [6.07, 6.45) is 6.23. The number of nitrogens with two attached hydrogens (primary N) is 1. The van der Waals surface area contributed by atoms with Crippen molar-refractivity contribution < 1.29 is 4.79 Å². The van der Waals surface area contributed by atoms with Crippen LogP contribution in [0.5, 0.6) is 0 Å². The molecule has 1 aromatic carbocycles. The van der Waals surface area contributed by atoms with Gasteiger partial charge in [0, 0.05) is 31.2 Å². The third kappa shape index (κ3) is 4.54. The van der Waals surface area contributed by atoms with Gasteiger partial charge in [0.1, 0.15) is 11.8 Å². The van der Waals surface area contributed by atoms with E-state index in [2.05, 4.69) is 25.2 Å². The first-order chi connectivity index (χ1) is 14.1. The molecule has 152 valence electrons. The Hall–Kier alpha value is -3.00. The topological polar surface area (TPSA) is 102 Å². The fraction of sp³-hybridized carbons (Fsp3) is 0.429. The minimum atomic E-state index is 0.0247. The van der Waals surface area contributed by atoms with Crippen LogP contribution in [0.2, 0.25) is 0 Å². The van der Waals surface area contributed by atoms with Gasteiger partial charge in [0.15, 0.2) is 11.5 Å². The maximum atomic E-state index is 12.4. The molecule has 3 heterocycles. The van der Waals surface area contributed by atoms with Gasteiger partial charge in [0.2, 0.25) is 0 Å². The summed E-state index contributed by atoms with van der Waals surface area (Å²) in [6.45, 7) is 5.88. The first-order valence-corrected chi connectivity index (χ1v) is 10.1. The van der Waals surface area contributed by atoms with Crippen molar-refractivity contribution in [1.29, 1.82) is 0 Å². The van der Waals surface area contributed by atoms with Crippen LogP contribution in [0.3, 0.4) is 0 Å². The summed E-state index contributed by atoms with van der Waals surface area (Å²) in [4.78, 5) is 27.4. The summed E-state index contributed by atoms with van der Waals surface area (Å²) in [7, 11) is 0. The lowest BCUT2D eigenvalue weighted by atomic mass is 10.0. The van der Waals surface area contributed by atoms with Crippen molar-refractivity contribution in [3.8, 4) is 0 Å². The Morgan fingerprint density at radius 3 is 2.66 bits per heavy atom. The number of amides is 1. The van der Waals surface area contributed by atoms with Crippen molar-refractivity contribution >= 4 is 22.9 Å². The first-order valence-electron chi connectivity index (χ1n) is 10.1. The number of aryl methyl sites for hydroxylation is 2. The molecule has 2 aromatic heterocycles. The van der Waals surface area contributed by atoms with Crippen LogP contribution in [0.15, 0.2) is 36.9 Å². The van der Waals surface area contributed by atoms with Gasteiger partial charge < -0.3 is 20.5 Å². The number of rotatable bonds is 6. The summed E-state index contributed by atoms with van der Waals surface area (Å²) in [5.41, 5.74) is 9.19. The third-order valence-corrected chi connectivity index (χ3v) is 5.54. The Morgan fingerprint density at radius 2 is 1.90 bits per heavy atom. The lowest BCUT2D eigenvalue weighted by Gasteiger charge is -2.32. The molecule has 3 N–H and O–H groups in total. The fourth-order valence-electron chi connectivity index (χ4n) is 3.80. The largest absolute Gasteiger partial charge is 0.382 e. The standard InChI is InChI=1S/C21H27N7O/c1-15-3-5-16(6-4-15)21(29)26-17-7-11-27(12-8-17)9-2-10-28-14-25-18-19(22)23-13-24-20(18)28/h3-6,13-14,17H,2,7-12H2,1H3,(H,26,29)(H2,22,23,24). The molecule has 4 rings (SSSR count). The number of piperidine rings is 1. The Labute approximate surface area is 170 Å². The lowest BCUT2D eigenvalue weighted by molar-refractivity contribution is 0.0910. The van der Waals surface area contributed by atoms with E-state index in [1.807, 2.05) is 35.8 Å². The highest BCUT2D eigenvalue weighted by Gasteiger charge is 2.21. The summed E-state index contributed by atoms with van der Waals surface area (Å²) in [6, 6.07) is 7.97. The van der Waals surface area contributed by atoms with Gasteiger partial charge in [-0.05, 0) is 44.9 Å². The molecule has 1 fully saturated rings. The van der Waals surface area contributed by atoms with Gasteiger partial charge in [0.05, 0.1) is 6.33 Å². The normalized spacial score (nSPS) is 15.6. The van der Waals surface area contributed by atoms with Gasteiger partial charge in [0.25, 0.3) is 5.91 Å². The highest BCUT2D eigenvalue weighted by molar-refractivity contribution is 5.94. The number of imidazole rings is 1. The van der Waals surface area contributed by atoms with Crippen molar-refractivity contribution in [2.24, 2.45) is 0 Å². The quantitative estimate of drug-likeness (QED) is 0.664. The van der Waals surface area contributed by atoms with Crippen LogP contribution in [0, 0.1) is 6.92 Å². The Bertz CT molecular complexity index is 974. The van der Waals surface area contributed by atoms with E-state index >= 15 is 0 Å². The van der Waals surface area contributed by atoms with Crippen molar-refractivity contribution in [3.05, 3.63) is 48.0 Å². The Kier molecular flexibility index (Phi) is 5.71. The van der Waals surface area contributed by atoms with Crippen molar-refractivity contribution in [1.82, 2.24) is 29.7 Å². The van der Waals surface area contributed by atoms with E-state index in [1.165, 1.54) is 6.33 Å². The van der Waals surface area contributed by atoms with E-state index in [9.17, 15) is 4.79 Å². The molecule has 1 aliphatic rings. The Balaban J connectivity index is 1.21. The zero-order valence-electron chi connectivity index (χ0n) is 16.7. The second-order valence-electron chi connectivity index (χ2n) is 7.68. The SMILES string of the molecule is Cc1ccc(C(=O)NC2CCN(CCCn3cnc4c(N)ncnc43)CC2)cc1. The maximum Gasteiger partial charge on any atom is 0.251 e. The number of benzene rings is 1. The van der Waals surface area contributed by atoms with Crippen molar-refractivity contribution in [3.63, 3.8) is 0 Å². The summed E-state index contributed by atoms with van der Waals surface area (Å²) in [5, 5.41) is 3.18.